The minimum Gasteiger partial charge on any atom is -0.504 e. The summed E-state index contributed by atoms with van der Waals surface area (Å²) in [5.41, 5.74) is 1.10. The average molecular weight is 456 g/mol. The third kappa shape index (κ3) is 2.65. The fourth-order valence-corrected chi connectivity index (χ4v) is 8.33. The van der Waals surface area contributed by atoms with Crippen molar-refractivity contribution in [2.45, 2.75) is 96.0 Å². The van der Waals surface area contributed by atoms with E-state index in [4.69, 9.17) is 9.47 Å². The maximum Gasteiger partial charge on any atom is 0.165 e. The van der Waals surface area contributed by atoms with Gasteiger partial charge in [0.2, 0.25) is 0 Å². The Kier molecular flexibility index (Phi) is 4.49. The second kappa shape index (κ2) is 6.67. The van der Waals surface area contributed by atoms with E-state index in [1.807, 2.05) is 13.0 Å². The van der Waals surface area contributed by atoms with Crippen LogP contribution in [0.3, 0.4) is 0 Å². The van der Waals surface area contributed by atoms with E-state index in [0.29, 0.717) is 11.8 Å². The molecule has 5 nitrogen and oxygen atoms in total. The first-order valence-electron chi connectivity index (χ1n) is 13.0. The zero-order valence-corrected chi connectivity index (χ0v) is 21.1. The highest BCUT2D eigenvalue weighted by atomic mass is 16.5. The summed E-state index contributed by atoms with van der Waals surface area (Å²) in [6.07, 6.45) is 5.19. The number of aromatic hydroxyl groups is 1. The second-order valence-electron chi connectivity index (χ2n) is 13.2. The average Bonchev–Trinajstić information content (AvgIpc) is 3.47. The lowest BCUT2D eigenvalue weighted by atomic mass is 9.40. The van der Waals surface area contributed by atoms with Gasteiger partial charge in [-0.3, -0.25) is 4.90 Å². The molecule has 7 atom stereocenters. The van der Waals surface area contributed by atoms with Gasteiger partial charge in [-0.25, -0.2) is 0 Å². The molecular formula is C28H41NO4. The molecule has 182 valence electrons. The van der Waals surface area contributed by atoms with Crippen molar-refractivity contribution in [1.82, 2.24) is 4.90 Å². The Balaban J connectivity index is 1.55. The number of hydrogen-bond donors (Lipinski definition) is 2. The van der Waals surface area contributed by atoms with E-state index >= 15 is 0 Å². The first-order chi connectivity index (χ1) is 15.5. The van der Waals surface area contributed by atoms with Crippen LogP contribution in [0, 0.1) is 22.7 Å². The van der Waals surface area contributed by atoms with Gasteiger partial charge in [0.05, 0.1) is 5.60 Å². The lowest BCUT2D eigenvalue weighted by Gasteiger charge is -2.68. The van der Waals surface area contributed by atoms with E-state index in [9.17, 15) is 10.2 Å². The molecule has 1 aromatic carbocycles. The number of nitrogens with zero attached hydrogens (tertiary/aromatic N) is 1. The van der Waals surface area contributed by atoms with Gasteiger partial charge in [0.15, 0.2) is 11.5 Å². The number of methoxy groups -OCH3 is 1. The summed E-state index contributed by atoms with van der Waals surface area (Å²) < 4.78 is 13.0. The number of phenols is 1. The third-order valence-corrected chi connectivity index (χ3v) is 10.8. The van der Waals surface area contributed by atoms with Gasteiger partial charge < -0.3 is 19.7 Å². The number of piperidine rings is 1. The number of likely N-dealkylation sites (tertiary alicyclic amines) is 1. The van der Waals surface area contributed by atoms with Crippen molar-refractivity contribution in [2.24, 2.45) is 22.7 Å². The zero-order chi connectivity index (χ0) is 23.6. The Hall–Kier alpha value is -1.30. The summed E-state index contributed by atoms with van der Waals surface area (Å²) >= 11 is 0. The van der Waals surface area contributed by atoms with Gasteiger partial charge in [0, 0.05) is 36.6 Å². The highest BCUT2D eigenvalue weighted by Crippen LogP contribution is 2.71. The Bertz CT molecular complexity index is 979. The number of benzene rings is 1. The molecule has 2 saturated carbocycles. The van der Waals surface area contributed by atoms with Crippen LogP contribution in [0.5, 0.6) is 11.5 Å². The first kappa shape index (κ1) is 22.2. The fourth-order valence-electron chi connectivity index (χ4n) is 8.33. The first-order valence-corrected chi connectivity index (χ1v) is 13.0. The van der Waals surface area contributed by atoms with Gasteiger partial charge in [-0.05, 0) is 74.0 Å². The van der Waals surface area contributed by atoms with Crippen LogP contribution in [0.4, 0.5) is 0 Å². The van der Waals surface area contributed by atoms with Crippen LogP contribution in [0.2, 0.25) is 0 Å². The molecule has 5 heteroatoms. The van der Waals surface area contributed by atoms with E-state index in [1.54, 1.807) is 7.11 Å². The quantitative estimate of drug-likeness (QED) is 0.710. The minimum absolute atomic E-state index is 0.0630. The zero-order valence-electron chi connectivity index (χ0n) is 21.1. The molecule has 3 fully saturated rings. The van der Waals surface area contributed by atoms with E-state index < -0.39 is 5.60 Å². The molecular weight excluding hydrogens is 414 g/mol. The number of ether oxygens (including phenoxy) is 2. The van der Waals surface area contributed by atoms with Crippen molar-refractivity contribution in [1.29, 1.82) is 0 Å². The van der Waals surface area contributed by atoms with Crippen LogP contribution in [0.1, 0.15) is 71.4 Å². The molecule has 0 radical (unpaired) electrons. The van der Waals surface area contributed by atoms with Gasteiger partial charge >= 0.3 is 0 Å². The lowest BCUT2D eigenvalue weighted by Crippen LogP contribution is -2.76. The van der Waals surface area contributed by atoms with E-state index in [-0.39, 0.29) is 40.1 Å². The Labute approximate surface area is 198 Å². The summed E-state index contributed by atoms with van der Waals surface area (Å²) in [6.45, 7) is 13.1. The van der Waals surface area contributed by atoms with Crippen LogP contribution < -0.4 is 4.74 Å². The molecule has 1 saturated heterocycles. The predicted molar refractivity (Wildman–Crippen MR) is 128 cm³/mol. The van der Waals surface area contributed by atoms with Gasteiger partial charge in [0.1, 0.15) is 12.2 Å². The SMILES string of the molecule is CO[C@@H]1[C@@H]([C@](C)(O)C(C)(C)C)C[C@]2(C)[C@H]3Cc4ccc(O)c5c4[C@@]2(CCN3CC2CC2)[C@H]1O5. The van der Waals surface area contributed by atoms with Crippen molar-refractivity contribution in [3.05, 3.63) is 23.3 Å². The Morgan fingerprint density at radius 2 is 1.94 bits per heavy atom. The smallest absolute Gasteiger partial charge is 0.165 e. The van der Waals surface area contributed by atoms with E-state index in [0.717, 1.165) is 31.7 Å². The standard InChI is InChI=1S/C28H41NO4/c1-25(2,3)27(5,31)18-14-26(4)20-13-17-9-10-19(30)23-21(17)28(26,24(33-23)22(18)32-6)11-12-29(20)15-16-7-8-16/h9-10,16,18,20,22,24,30-31H,7-8,11-15H2,1-6H3/t18-,20+,22+,24-,26+,27-,28-/m0/s1. The second-order valence-corrected chi connectivity index (χ2v) is 13.2. The Morgan fingerprint density at radius 3 is 2.58 bits per heavy atom. The van der Waals surface area contributed by atoms with E-state index in [2.05, 4.69) is 38.7 Å². The number of aliphatic hydroxyl groups is 1. The molecule has 0 aromatic heterocycles. The summed E-state index contributed by atoms with van der Waals surface area (Å²) in [5, 5.41) is 22.9. The summed E-state index contributed by atoms with van der Waals surface area (Å²) in [6, 6.07) is 4.36. The van der Waals surface area contributed by atoms with E-state index in [1.165, 1.54) is 30.5 Å². The highest BCUT2D eigenvalue weighted by Gasteiger charge is 2.74. The topological polar surface area (TPSA) is 62.2 Å². The molecule has 0 amide bonds. The molecule has 2 N–H and O–H groups in total. The normalized spacial score (nSPS) is 41.3. The van der Waals surface area contributed by atoms with Gasteiger partial charge in [-0.15, -0.1) is 0 Å². The van der Waals surface area contributed by atoms with Crippen molar-refractivity contribution >= 4 is 0 Å². The largest absolute Gasteiger partial charge is 0.504 e. The number of phenolic OH excluding ortho intramolecular Hbond substituents is 1. The maximum atomic E-state index is 12.0. The molecule has 5 aliphatic rings. The van der Waals surface area contributed by atoms with Gasteiger partial charge in [0.25, 0.3) is 0 Å². The molecule has 2 heterocycles. The van der Waals surface area contributed by atoms with Crippen LogP contribution in [0.15, 0.2) is 12.1 Å². The molecule has 1 spiro atoms. The molecule has 2 aliphatic heterocycles. The Morgan fingerprint density at radius 1 is 1.21 bits per heavy atom. The molecule has 2 bridgehead atoms. The lowest BCUT2D eigenvalue weighted by molar-refractivity contribution is -0.231. The molecule has 6 rings (SSSR count). The fraction of sp³-hybridized carbons (Fsp3) is 0.786. The molecule has 1 aromatic rings. The van der Waals surface area contributed by atoms with Gasteiger partial charge in [-0.1, -0.05) is 33.8 Å². The van der Waals surface area contributed by atoms with Crippen molar-refractivity contribution < 1.29 is 19.7 Å². The van der Waals surface area contributed by atoms with Crippen molar-refractivity contribution in [3.8, 4) is 11.5 Å². The monoisotopic (exact) mass is 455 g/mol. The maximum absolute atomic E-state index is 12.0. The predicted octanol–water partition coefficient (Wildman–Crippen LogP) is 4.27. The molecule has 33 heavy (non-hydrogen) atoms. The van der Waals surface area contributed by atoms with Crippen molar-refractivity contribution in [2.75, 3.05) is 20.2 Å². The number of hydrogen-bond acceptors (Lipinski definition) is 5. The van der Waals surface area contributed by atoms with Crippen LogP contribution in [0.25, 0.3) is 0 Å². The van der Waals surface area contributed by atoms with Crippen LogP contribution in [-0.2, 0) is 16.6 Å². The van der Waals surface area contributed by atoms with Crippen molar-refractivity contribution in [3.63, 3.8) is 0 Å². The van der Waals surface area contributed by atoms with Gasteiger partial charge in [-0.2, -0.15) is 0 Å². The highest BCUT2D eigenvalue weighted by molar-refractivity contribution is 5.62. The van der Waals surface area contributed by atoms with Crippen LogP contribution in [-0.4, -0.2) is 59.2 Å². The molecule has 0 unspecified atom stereocenters. The summed E-state index contributed by atoms with van der Waals surface area (Å²) in [7, 11) is 1.77. The van der Waals surface area contributed by atoms with Crippen LogP contribution >= 0.6 is 0 Å². The minimum atomic E-state index is -0.922. The summed E-state index contributed by atoms with van der Waals surface area (Å²) in [5.74, 6) is 1.70. The summed E-state index contributed by atoms with van der Waals surface area (Å²) in [4.78, 5) is 2.77. The number of rotatable bonds is 4. The molecule has 3 aliphatic carbocycles. The third-order valence-electron chi connectivity index (χ3n) is 10.8.